The molecule has 2 aliphatic heterocycles. The summed E-state index contributed by atoms with van der Waals surface area (Å²) in [4.78, 5) is 21.4. The molecule has 1 aromatic heterocycles. The van der Waals surface area contributed by atoms with Gasteiger partial charge in [0.2, 0.25) is 5.91 Å². The molecule has 0 unspecified atom stereocenters. The molecule has 120 valence electrons. The Hall–Kier alpha value is -1.33. The normalized spacial score (nSPS) is 25.3. The van der Waals surface area contributed by atoms with Crippen LogP contribution in [0.1, 0.15) is 19.3 Å². The Kier molecular flexibility index (Phi) is 4.54. The highest BCUT2D eigenvalue weighted by Gasteiger charge is 2.48. The molecule has 0 radical (unpaired) electrons. The molecule has 2 fully saturated rings. The average Bonchev–Trinajstić information content (AvgIpc) is 2.94. The summed E-state index contributed by atoms with van der Waals surface area (Å²) in [5.74, 6) is 1.06. The molecule has 1 amide bonds. The molecule has 3 rings (SSSR count). The van der Waals surface area contributed by atoms with Crippen LogP contribution in [0.5, 0.6) is 0 Å². The van der Waals surface area contributed by atoms with Crippen LogP contribution in [0.3, 0.4) is 0 Å². The fraction of sp³-hybridized carbons (Fsp3) is 0.625. The second kappa shape index (κ2) is 6.42. The van der Waals surface area contributed by atoms with E-state index < -0.39 is 0 Å². The quantitative estimate of drug-likeness (QED) is 0.852. The Morgan fingerprint density at radius 3 is 3.05 bits per heavy atom. The van der Waals surface area contributed by atoms with Crippen molar-refractivity contribution >= 4 is 23.3 Å². The van der Waals surface area contributed by atoms with E-state index in [1.165, 1.54) is 0 Å². The van der Waals surface area contributed by atoms with Crippen molar-refractivity contribution in [3.8, 4) is 0 Å². The van der Waals surface area contributed by atoms with Crippen molar-refractivity contribution in [2.45, 2.75) is 19.3 Å². The number of likely N-dealkylation sites (tertiary alicyclic amines) is 1. The minimum atomic E-state index is -0.271. The second-order valence-corrected chi connectivity index (χ2v) is 6.56. The number of halogens is 1. The molecule has 0 saturated carbocycles. The van der Waals surface area contributed by atoms with Crippen molar-refractivity contribution in [1.82, 2.24) is 9.88 Å². The van der Waals surface area contributed by atoms with E-state index in [9.17, 15) is 4.79 Å². The number of ether oxygens (including phenoxy) is 1. The molecule has 5 nitrogen and oxygen atoms in total. The monoisotopic (exact) mass is 323 g/mol. The molecule has 0 aliphatic carbocycles. The molecule has 2 saturated heterocycles. The largest absolute Gasteiger partial charge is 0.383 e. The van der Waals surface area contributed by atoms with Crippen LogP contribution in [0, 0.1) is 5.41 Å². The SMILES string of the molecule is COCCN1CCC[C@]2(CCN(c3ncccc3Cl)C2)C1=O. The van der Waals surface area contributed by atoms with Gasteiger partial charge >= 0.3 is 0 Å². The number of rotatable bonds is 4. The van der Waals surface area contributed by atoms with Gasteiger partial charge in [-0.1, -0.05) is 11.6 Å². The first-order chi connectivity index (χ1) is 10.7. The zero-order valence-electron chi connectivity index (χ0n) is 12.9. The van der Waals surface area contributed by atoms with Gasteiger partial charge in [0.1, 0.15) is 5.82 Å². The molecule has 22 heavy (non-hydrogen) atoms. The smallest absolute Gasteiger partial charge is 0.230 e. The maximum absolute atomic E-state index is 12.9. The molecule has 0 N–H and O–H groups in total. The summed E-state index contributed by atoms with van der Waals surface area (Å²) < 4.78 is 5.12. The Bertz CT molecular complexity index is 554. The number of nitrogens with zero attached hydrogens (tertiary/aromatic N) is 3. The van der Waals surface area contributed by atoms with E-state index in [1.54, 1.807) is 13.3 Å². The van der Waals surface area contributed by atoms with Crippen molar-refractivity contribution in [2.24, 2.45) is 5.41 Å². The van der Waals surface area contributed by atoms with Gasteiger partial charge in [0.25, 0.3) is 0 Å². The van der Waals surface area contributed by atoms with Crippen LogP contribution < -0.4 is 4.90 Å². The van der Waals surface area contributed by atoms with Gasteiger partial charge < -0.3 is 14.5 Å². The van der Waals surface area contributed by atoms with Crippen molar-refractivity contribution in [1.29, 1.82) is 0 Å². The minimum absolute atomic E-state index is 0.269. The number of amides is 1. The molecule has 6 heteroatoms. The number of hydrogen-bond acceptors (Lipinski definition) is 4. The average molecular weight is 324 g/mol. The zero-order chi connectivity index (χ0) is 15.6. The lowest BCUT2D eigenvalue weighted by molar-refractivity contribution is -0.145. The van der Waals surface area contributed by atoms with Gasteiger partial charge in [-0.2, -0.15) is 0 Å². The molecule has 0 aromatic carbocycles. The van der Waals surface area contributed by atoms with E-state index >= 15 is 0 Å². The second-order valence-electron chi connectivity index (χ2n) is 6.15. The number of piperidine rings is 1. The fourth-order valence-electron chi connectivity index (χ4n) is 3.61. The van der Waals surface area contributed by atoms with Crippen molar-refractivity contribution in [2.75, 3.05) is 44.8 Å². The third kappa shape index (κ3) is 2.79. The molecule has 0 bridgehead atoms. The number of aromatic nitrogens is 1. The number of carbonyl (C=O) groups is 1. The lowest BCUT2D eigenvalue weighted by atomic mass is 9.78. The van der Waals surface area contributed by atoms with Crippen molar-refractivity contribution in [3.63, 3.8) is 0 Å². The number of anilines is 1. The van der Waals surface area contributed by atoms with Crippen molar-refractivity contribution < 1.29 is 9.53 Å². The molecular formula is C16H22ClN3O2. The minimum Gasteiger partial charge on any atom is -0.383 e. The number of methoxy groups -OCH3 is 1. The molecule has 1 aromatic rings. The maximum atomic E-state index is 12.9. The highest BCUT2D eigenvalue weighted by atomic mass is 35.5. The van der Waals surface area contributed by atoms with E-state index in [1.807, 2.05) is 17.0 Å². The number of hydrogen-bond donors (Lipinski definition) is 0. The van der Waals surface area contributed by atoms with Crippen LogP contribution >= 0.6 is 11.6 Å². The highest BCUT2D eigenvalue weighted by molar-refractivity contribution is 6.32. The van der Waals surface area contributed by atoms with Crippen molar-refractivity contribution in [3.05, 3.63) is 23.4 Å². The third-order valence-electron chi connectivity index (χ3n) is 4.78. The molecule has 1 atom stereocenters. The number of carbonyl (C=O) groups excluding carboxylic acids is 1. The predicted molar refractivity (Wildman–Crippen MR) is 86.2 cm³/mol. The summed E-state index contributed by atoms with van der Waals surface area (Å²) in [6, 6.07) is 3.68. The van der Waals surface area contributed by atoms with E-state index in [4.69, 9.17) is 16.3 Å². The summed E-state index contributed by atoms with van der Waals surface area (Å²) in [5, 5.41) is 0.652. The summed E-state index contributed by atoms with van der Waals surface area (Å²) in [5.41, 5.74) is -0.271. The molecular weight excluding hydrogens is 302 g/mol. The first kappa shape index (κ1) is 15.6. The Labute approximate surface area is 136 Å². The van der Waals surface area contributed by atoms with Gasteiger partial charge in [0, 0.05) is 39.5 Å². The van der Waals surface area contributed by atoms with Crippen LogP contribution in [0.15, 0.2) is 18.3 Å². The topological polar surface area (TPSA) is 45.7 Å². The number of pyridine rings is 1. The summed E-state index contributed by atoms with van der Waals surface area (Å²) in [6.45, 7) is 3.67. The maximum Gasteiger partial charge on any atom is 0.230 e. The summed E-state index contributed by atoms with van der Waals surface area (Å²) in [7, 11) is 1.67. The van der Waals surface area contributed by atoms with Gasteiger partial charge in [0.15, 0.2) is 0 Å². The Balaban J connectivity index is 1.75. The van der Waals surface area contributed by atoms with Crippen LogP contribution in [0.25, 0.3) is 0 Å². The van der Waals surface area contributed by atoms with Gasteiger partial charge in [-0.3, -0.25) is 4.79 Å². The van der Waals surface area contributed by atoms with E-state index in [0.29, 0.717) is 24.7 Å². The molecule has 3 heterocycles. The zero-order valence-corrected chi connectivity index (χ0v) is 13.7. The highest BCUT2D eigenvalue weighted by Crippen LogP contribution is 2.42. The fourth-order valence-corrected chi connectivity index (χ4v) is 3.85. The van der Waals surface area contributed by atoms with E-state index in [0.717, 1.165) is 38.2 Å². The third-order valence-corrected chi connectivity index (χ3v) is 5.08. The van der Waals surface area contributed by atoms with Crippen LogP contribution in [0.4, 0.5) is 5.82 Å². The van der Waals surface area contributed by atoms with Gasteiger partial charge in [0.05, 0.1) is 17.0 Å². The van der Waals surface area contributed by atoms with E-state index in [2.05, 4.69) is 9.88 Å². The summed E-state index contributed by atoms with van der Waals surface area (Å²) in [6.07, 6.45) is 4.64. The first-order valence-electron chi connectivity index (χ1n) is 7.80. The molecule has 1 spiro atoms. The van der Waals surface area contributed by atoms with Gasteiger partial charge in [-0.25, -0.2) is 4.98 Å². The van der Waals surface area contributed by atoms with E-state index in [-0.39, 0.29) is 11.3 Å². The first-order valence-corrected chi connectivity index (χ1v) is 8.18. The van der Waals surface area contributed by atoms with Gasteiger partial charge in [-0.15, -0.1) is 0 Å². The lowest BCUT2D eigenvalue weighted by Gasteiger charge is -2.39. The van der Waals surface area contributed by atoms with Crippen LogP contribution in [-0.2, 0) is 9.53 Å². The Morgan fingerprint density at radius 2 is 2.27 bits per heavy atom. The van der Waals surface area contributed by atoms with Crippen LogP contribution in [0.2, 0.25) is 5.02 Å². The van der Waals surface area contributed by atoms with Crippen LogP contribution in [-0.4, -0.2) is 55.7 Å². The lowest BCUT2D eigenvalue weighted by Crippen LogP contribution is -2.51. The Morgan fingerprint density at radius 1 is 1.41 bits per heavy atom. The standard InChI is InChI=1S/C16H22ClN3O2/c1-22-11-10-19-8-3-5-16(15(19)21)6-9-20(12-16)14-13(17)4-2-7-18-14/h2,4,7H,3,5-6,8-12H2,1H3/t16-/m1/s1. The molecule has 2 aliphatic rings. The predicted octanol–water partition coefficient (Wildman–Crippen LogP) is 2.20. The summed E-state index contributed by atoms with van der Waals surface area (Å²) >= 11 is 6.25. The van der Waals surface area contributed by atoms with Gasteiger partial charge in [-0.05, 0) is 31.4 Å².